The molecule has 0 fully saturated rings. The number of hydrogen-bond donors (Lipinski definition) is 0. The molecule has 0 radical (unpaired) electrons. The van der Waals surface area contributed by atoms with E-state index >= 15 is 0 Å². The highest BCUT2D eigenvalue weighted by Crippen LogP contribution is 2.50. The van der Waals surface area contributed by atoms with E-state index in [1.54, 1.807) is 20.7 Å². The van der Waals surface area contributed by atoms with Gasteiger partial charge in [-0.05, 0) is 0 Å². The summed E-state index contributed by atoms with van der Waals surface area (Å²) in [5.74, 6) is 0. The standard InChI is InChI=1S/C27H31PSi3/c1-29(24-16-8-4-9-17-24)28(30(2)25-18-10-5-11-19-25)31(3,26-20-12-6-13-21-26)27-22-14-7-15-23-27/h4-23,29-30H,1-3H3. The van der Waals surface area contributed by atoms with E-state index in [2.05, 4.69) is 141 Å². The molecule has 0 amide bonds. The van der Waals surface area contributed by atoms with Crippen LogP contribution in [-0.2, 0) is 0 Å². The first-order valence-corrected chi connectivity index (χ1v) is 22.5. The van der Waals surface area contributed by atoms with Crippen LogP contribution in [0.1, 0.15) is 0 Å². The largest absolute Gasteiger partial charge is 0.133 e. The molecule has 2 atom stereocenters. The van der Waals surface area contributed by atoms with Crippen molar-refractivity contribution in [1.82, 2.24) is 0 Å². The SMILES string of the molecule is C[SiH](c1ccccc1)P([SiH](C)c1ccccc1)[Si](C)(c1ccccc1)c1ccccc1. The molecule has 4 rings (SSSR count). The van der Waals surface area contributed by atoms with Gasteiger partial charge in [-0.1, -0.05) is 162 Å². The maximum Gasteiger partial charge on any atom is 0.133 e. The van der Waals surface area contributed by atoms with E-state index < -0.39 is 24.7 Å². The van der Waals surface area contributed by atoms with Crippen LogP contribution in [0.5, 0.6) is 0 Å². The zero-order valence-corrected chi connectivity index (χ0v) is 22.9. The van der Waals surface area contributed by atoms with Crippen LogP contribution in [0.3, 0.4) is 0 Å². The van der Waals surface area contributed by atoms with Gasteiger partial charge in [-0.3, -0.25) is 0 Å². The lowest BCUT2D eigenvalue weighted by atomic mass is 10.4. The van der Waals surface area contributed by atoms with Crippen LogP contribution < -0.4 is 20.7 Å². The monoisotopic (exact) mass is 470 g/mol. The van der Waals surface area contributed by atoms with Crippen LogP contribution in [0.15, 0.2) is 121 Å². The van der Waals surface area contributed by atoms with Gasteiger partial charge in [0.05, 0.1) is 16.9 Å². The molecule has 0 nitrogen and oxygen atoms in total. The topological polar surface area (TPSA) is 0 Å². The minimum atomic E-state index is -1.93. The number of rotatable bonds is 7. The molecule has 31 heavy (non-hydrogen) atoms. The second-order valence-electron chi connectivity index (χ2n) is 8.38. The smallest absolute Gasteiger partial charge is 0.128 e. The molecule has 4 aromatic carbocycles. The summed E-state index contributed by atoms with van der Waals surface area (Å²) in [7, 11) is -4.29. The molecular formula is C27H31PSi3. The average molecular weight is 471 g/mol. The summed E-state index contributed by atoms with van der Waals surface area (Å²) in [6.07, 6.45) is 0. The summed E-state index contributed by atoms with van der Waals surface area (Å²) in [6.45, 7) is 7.85. The lowest BCUT2D eigenvalue weighted by Gasteiger charge is -2.44. The molecule has 0 aromatic heterocycles. The van der Waals surface area contributed by atoms with Crippen LogP contribution in [0.2, 0.25) is 19.6 Å². The maximum atomic E-state index is 2.68. The Morgan fingerprint density at radius 3 is 1.10 bits per heavy atom. The van der Waals surface area contributed by atoms with Crippen molar-refractivity contribution in [3.63, 3.8) is 0 Å². The average Bonchev–Trinajstić information content (AvgIpc) is 2.86. The van der Waals surface area contributed by atoms with Gasteiger partial charge in [0.1, 0.15) is 7.74 Å². The van der Waals surface area contributed by atoms with Crippen molar-refractivity contribution in [2.24, 2.45) is 0 Å². The summed E-state index contributed by atoms with van der Waals surface area (Å²) in [5.41, 5.74) is 0. The second kappa shape index (κ2) is 10.1. The van der Waals surface area contributed by atoms with Gasteiger partial charge in [-0.15, -0.1) is 6.57 Å². The zero-order chi connectivity index (χ0) is 21.7. The van der Waals surface area contributed by atoms with Crippen molar-refractivity contribution in [3.05, 3.63) is 121 Å². The first kappa shape index (κ1) is 22.2. The van der Waals surface area contributed by atoms with Crippen LogP contribution >= 0.6 is 6.57 Å². The first-order valence-electron chi connectivity index (χ1n) is 11.1. The highest BCUT2D eigenvalue weighted by Gasteiger charge is 2.46. The lowest BCUT2D eigenvalue weighted by molar-refractivity contribution is 1.71. The summed E-state index contributed by atoms with van der Waals surface area (Å²) in [5, 5.41) is 6.49. The predicted molar refractivity (Wildman–Crippen MR) is 149 cm³/mol. The Bertz CT molecular complexity index is 988. The zero-order valence-electron chi connectivity index (χ0n) is 18.6. The quantitative estimate of drug-likeness (QED) is 0.278. The summed E-state index contributed by atoms with van der Waals surface area (Å²) >= 11 is 0. The summed E-state index contributed by atoms with van der Waals surface area (Å²) in [6, 6.07) is 45.9. The normalized spacial score (nSPS) is 14.5. The van der Waals surface area contributed by atoms with Crippen LogP contribution in [0, 0.1) is 0 Å². The molecule has 2 unspecified atom stereocenters. The Kier molecular flexibility index (Phi) is 7.19. The van der Waals surface area contributed by atoms with E-state index in [4.69, 9.17) is 0 Å². The third kappa shape index (κ3) is 4.61. The van der Waals surface area contributed by atoms with Crippen molar-refractivity contribution in [2.45, 2.75) is 19.6 Å². The first-order chi connectivity index (χ1) is 15.1. The molecule has 4 heteroatoms. The van der Waals surface area contributed by atoms with E-state index in [0.717, 1.165) is 0 Å². The van der Waals surface area contributed by atoms with Crippen molar-refractivity contribution in [1.29, 1.82) is 0 Å². The Hall–Kier alpha value is -2.04. The molecule has 0 bridgehead atoms. The number of benzene rings is 4. The van der Waals surface area contributed by atoms with Crippen molar-refractivity contribution in [3.8, 4) is 0 Å². The summed E-state index contributed by atoms with van der Waals surface area (Å²) < 4.78 is 0. The lowest BCUT2D eigenvalue weighted by Crippen LogP contribution is -2.60. The van der Waals surface area contributed by atoms with Crippen LogP contribution in [-0.4, -0.2) is 24.7 Å². The van der Waals surface area contributed by atoms with Gasteiger partial charge in [-0.2, -0.15) is 0 Å². The summed E-state index contributed by atoms with van der Waals surface area (Å²) in [4.78, 5) is 0. The minimum Gasteiger partial charge on any atom is -0.128 e. The van der Waals surface area contributed by atoms with E-state index in [0.29, 0.717) is 0 Å². The van der Waals surface area contributed by atoms with E-state index in [1.165, 1.54) is 0 Å². The van der Waals surface area contributed by atoms with Gasteiger partial charge in [0, 0.05) is 0 Å². The maximum absolute atomic E-state index is 2.68. The van der Waals surface area contributed by atoms with E-state index in [9.17, 15) is 0 Å². The Labute approximate surface area is 192 Å². The van der Waals surface area contributed by atoms with Gasteiger partial charge in [0.2, 0.25) is 0 Å². The Morgan fingerprint density at radius 2 is 0.774 bits per heavy atom. The molecule has 0 aliphatic rings. The fourth-order valence-corrected chi connectivity index (χ4v) is 55.3. The van der Waals surface area contributed by atoms with Crippen molar-refractivity contribution in [2.75, 3.05) is 0 Å². The van der Waals surface area contributed by atoms with Crippen molar-refractivity contribution >= 4 is 52.0 Å². The van der Waals surface area contributed by atoms with Gasteiger partial charge in [0.15, 0.2) is 0 Å². The fourth-order valence-electron chi connectivity index (χ4n) is 4.88. The molecule has 0 saturated carbocycles. The van der Waals surface area contributed by atoms with Crippen LogP contribution in [0.25, 0.3) is 0 Å². The van der Waals surface area contributed by atoms with Gasteiger partial charge in [0.25, 0.3) is 0 Å². The Morgan fingerprint density at radius 1 is 0.484 bits per heavy atom. The van der Waals surface area contributed by atoms with Crippen LogP contribution in [0.4, 0.5) is 0 Å². The minimum absolute atomic E-state index is 0.117. The third-order valence-corrected chi connectivity index (χ3v) is 50.7. The van der Waals surface area contributed by atoms with Gasteiger partial charge in [-0.25, -0.2) is 0 Å². The molecular weight excluding hydrogens is 440 g/mol. The third-order valence-electron chi connectivity index (χ3n) is 6.59. The van der Waals surface area contributed by atoms with E-state index in [-0.39, 0.29) is 6.57 Å². The molecule has 0 saturated heterocycles. The molecule has 0 aliphatic heterocycles. The highest BCUT2D eigenvalue weighted by molar-refractivity contribution is 8.36. The van der Waals surface area contributed by atoms with Gasteiger partial charge < -0.3 is 0 Å². The molecule has 4 aromatic rings. The molecule has 0 heterocycles. The molecule has 0 spiro atoms. The van der Waals surface area contributed by atoms with Crippen molar-refractivity contribution < 1.29 is 0 Å². The highest BCUT2D eigenvalue weighted by atomic mass is 31.8. The molecule has 0 N–H and O–H groups in total. The fraction of sp³-hybridized carbons (Fsp3) is 0.111. The number of hydrogen-bond acceptors (Lipinski definition) is 0. The molecule has 0 aliphatic carbocycles. The Balaban J connectivity index is 1.94. The van der Waals surface area contributed by atoms with Gasteiger partial charge >= 0.3 is 0 Å². The predicted octanol–water partition coefficient (Wildman–Crippen LogP) is 4.38. The second-order valence-corrected chi connectivity index (χ2v) is 33.6. The van der Waals surface area contributed by atoms with E-state index in [1.807, 2.05) is 0 Å². The molecule has 156 valence electrons.